The highest BCUT2D eigenvalue weighted by atomic mass is 32.2. The van der Waals surface area contributed by atoms with Crippen molar-refractivity contribution in [3.8, 4) is 0 Å². The first-order chi connectivity index (χ1) is 6.71. The molecule has 3 rings (SSSR count). The Balaban J connectivity index is 1.86. The minimum absolute atomic E-state index is 0.301. The predicted octanol–water partition coefficient (Wildman–Crippen LogP) is 1.04. The monoisotopic (exact) mass is 211 g/mol. The lowest BCUT2D eigenvalue weighted by Crippen LogP contribution is -2.53. The molecule has 1 aliphatic carbocycles. The third kappa shape index (κ3) is 1.16. The number of aliphatic imine (C=N–C) groups is 1. The summed E-state index contributed by atoms with van der Waals surface area (Å²) in [5.74, 6) is 2.02. The van der Waals surface area contributed by atoms with Crippen molar-refractivity contribution in [2.75, 3.05) is 12.3 Å². The van der Waals surface area contributed by atoms with Crippen LogP contribution < -0.4 is 5.73 Å². The number of nitrogens with zero attached hydrogens (tertiary/aromatic N) is 2. The van der Waals surface area contributed by atoms with E-state index in [0.717, 1.165) is 17.8 Å². The average Bonchev–Trinajstić information content (AvgIpc) is 2.83. The maximum absolute atomic E-state index is 5.99. The van der Waals surface area contributed by atoms with Gasteiger partial charge in [-0.2, -0.15) is 11.8 Å². The normalized spacial score (nSPS) is 42.2. The summed E-state index contributed by atoms with van der Waals surface area (Å²) in [7, 11) is 0. The molecule has 0 amide bonds. The Bertz CT molecular complexity index is 287. The number of nitrogens with two attached hydrogens (primary N) is 1. The van der Waals surface area contributed by atoms with E-state index in [2.05, 4.69) is 28.6 Å². The maximum Gasteiger partial charge on any atom is 0.192 e. The SMILES string of the molecule is CC1CC2(CN=C(N)N2C2CC2)CS1. The van der Waals surface area contributed by atoms with Crippen LogP contribution in [-0.4, -0.2) is 40.0 Å². The summed E-state index contributed by atoms with van der Waals surface area (Å²) in [6, 6.07) is 0.715. The minimum atomic E-state index is 0.301. The van der Waals surface area contributed by atoms with E-state index in [4.69, 9.17) is 5.73 Å². The molecule has 2 atom stereocenters. The summed E-state index contributed by atoms with van der Waals surface area (Å²) in [4.78, 5) is 6.89. The van der Waals surface area contributed by atoms with E-state index in [0.29, 0.717) is 11.6 Å². The first-order valence-electron chi connectivity index (χ1n) is 5.42. The summed E-state index contributed by atoms with van der Waals surface area (Å²) >= 11 is 2.07. The van der Waals surface area contributed by atoms with Gasteiger partial charge in [0.1, 0.15) is 0 Å². The Hall–Kier alpha value is -0.380. The Kier molecular flexibility index (Phi) is 1.79. The van der Waals surface area contributed by atoms with Gasteiger partial charge in [-0.1, -0.05) is 6.92 Å². The maximum atomic E-state index is 5.99. The van der Waals surface area contributed by atoms with Crippen molar-refractivity contribution in [2.24, 2.45) is 10.7 Å². The molecule has 2 N–H and O–H groups in total. The second-order valence-electron chi connectivity index (χ2n) is 4.83. The zero-order valence-electron chi connectivity index (χ0n) is 8.57. The molecule has 0 bridgehead atoms. The van der Waals surface area contributed by atoms with Gasteiger partial charge >= 0.3 is 0 Å². The quantitative estimate of drug-likeness (QED) is 0.704. The number of hydrogen-bond donors (Lipinski definition) is 1. The fourth-order valence-electron chi connectivity index (χ4n) is 2.76. The van der Waals surface area contributed by atoms with Crippen molar-refractivity contribution in [3.05, 3.63) is 0 Å². The highest BCUT2D eigenvalue weighted by Crippen LogP contribution is 2.45. The van der Waals surface area contributed by atoms with Crippen LogP contribution in [0.3, 0.4) is 0 Å². The van der Waals surface area contributed by atoms with Crippen LogP contribution in [0.2, 0.25) is 0 Å². The van der Waals surface area contributed by atoms with E-state index in [1.54, 1.807) is 0 Å². The molecule has 2 fully saturated rings. The van der Waals surface area contributed by atoms with E-state index >= 15 is 0 Å². The van der Waals surface area contributed by atoms with Crippen LogP contribution in [0.1, 0.15) is 26.2 Å². The van der Waals surface area contributed by atoms with Gasteiger partial charge in [-0.25, -0.2) is 0 Å². The highest BCUT2D eigenvalue weighted by molar-refractivity contribution is 8.00. The van der Waals surface area contributed by atoms with Gasteiger partial charge in [-0.3, -0.25) is 4.99 Å². The standard InChI is InChI=1S/C10H17N3S/c1-7-4-10(6-14-7)5-12-9(11)13(10)8-2-3-8/h7-8H,2-6H2,1H3,(H2,11,12). The molecular weight excluding hydrogens is 194 g/mol. The lowest BCUT2D eigenvalue weighted by atomic mass is 9.95. The second kappa shape index (κ2) is 2.81. The summed E-state index contributed by atoms with van der Waals surface area (Å²) < 4.78 is 0. The predicted molar refractivity (Wildman–Crippen MR) is 60.6 cm³/mol. The van der Waals surface area contributed by atoms with Crippen molar-refractivity contribution in [2.45, 2.75) is 43.0 Å². The van der Waals surface area contributed by atoms with E-state index < -0.39 is 0 Å². The fourth-order valence-corrected chi connectivity index (χ4v) is 4.13. The Morgan fingerprint density at radius 3 is 2.93 bits per heavy atom. The van der Waals surface area contributed by atoms with Crippen LogP contribution in [0, 0.1) is 0 Å². The molecule has 3 nitrogen and oxygen atoms in total. The molecule has 1 saturated carbocycles. The molecule has 1 saturated heterocycles. The van der Waals surface area contributed by atoms with Crippen LogP contribution in [0.25, 0.3) is 0 Å². The van der Waals surface area contributed by atoms with Crippen molar-refractivity contribution in [3.63, 3.8) is 0 Å². The molecular formula is C10H17N3S. The third-order valence-corrected chi connectivity index (χ3v) is 4.95. The number of rotatable bonds is 1. The van der Waals surface area contributed by atoms with E-state index in [-0.39, 0.29) is 0 Å². The van der Waals surface area contributed by atoms with Gasteiger partial charge in [0.2, 0.25) is 0 Å². The zero-order chi connectivity index (χ0) is 9.76. The fraction of sp³-hybridized carbons (Fsp3) is 0.900. The largest absolute Gasteiger partial charge is 0.370 e. The minimum Gasteiger partial charge on any atom is -0.370 e. The Morgan fingerprint density at radius 2 is 2.36 bits per heavy atom. The van der Waals surface area contributed by atoms with Gasteiger partial charge in [-0.15, -0.1) is 0 Å². The van der Waals surface area contributed by atoms with Crippen molar-refractivity contribution >= 4 is 17.7 Å². The molecule has 4 heteroatoms. The lowest BCUT2D eigenvalue weighted by Gasteiger charge is -2.35. The van der Waals surface area contributed by atoms with Crippen molar-refractivity contribution < 1.29 is 0 Å². The topological polar surface area (TPSA) is 41.6 Å². The van der Waals surface area contributed by atoms with Gasteiger partial charge in [0.15, 0.2) is 5.96 Å². The number of hydrogen-bond acceptors (Lipinski definition) is 4. The third-order valence-electron chi connectivity index (χ3n) is 3.51. The molecule has 0 aromatic heterocycles. The molecule has 2 unspecified atom stereocenters. The van der Waals surface area contributed by atoms with Crippen LogP contribution in [-0.2, 0) is 0 Å². The molecule has 0 radical (unpaired) electrons. The molecule has 0 aromatic carbocycles. The van der Waals surface area contributed by atoms with Crippen LogP contribution in [0.4, 0.5) is 0 Å². The Labute approximate surface area is 89.1 Å². The van der Waals surface area contributed by atoms with Crippen molar-refractivity contribution in [1.82, 2.24) is 4.90 Å². The molecule has 1 spiro atoms. The van der Waals surface area contributed by atoms with Crippen LogP contribution in [0.15, 0.2) is 4.99 Å². The molecule has 2 heterocycles. The van der Waals surface area contributed by atoms with E-state index in [9.17, 15) is 0 Å². The van der Waals surface area contributed by atoms with Gasteiger partial charge in [0.25, 0.3) is 0 Å². The lowest BCUT2D eigenvalue weighted by molar-refractivity contribution is 0.215. The number of guanidine groups is 1. The Morgan fingerprint density at radius 1 is 1.57 bits per heavy atom. The van der Waals surface area contributed by atoms with Gasteiger partial charge in [0.05, 0.1) is 12.1 Å². The second-order valence-corrected chi connectivity index (χ2v) is 6.25. The summed E-state index contributed by atoms with van der Waals surface area (Å²) in [5.41, 5.74) is 6.29. The summed E-state index contributed by atoms with van der Waals surface area (Å²) in [6.45, 7) is 3.26. The van der Waals surface area contributed by atoms with E-state index in [1.807, 2.05) is 0 Å². The number of thioether (sulfide) groups is 1. The summed E-state index contributed by atoms with van der Waals surface area (Å²) in [5, 5.41) is 0.775. The highest BCUT2D eigenvalue weighted by Gasteiger charge is 2.51. The average molecular weight is 211 g/mol. The molecule has 14 heavy (non-hydrogen) atoms. The molecule has 0 aromatic rings. The van der Waals surface area contributed by atoms with Gasteiger partial charge < -0.3 is 10.6 Å². The van der Waals surface area contributed by atoms with Gasteiger partial charge in [0, 0.05) is 17.0 Å². The first-order valence-corrected chi connectivity index (χ1v) is 6.47. The van der Waals surface area contributed by atoms with Crippen LogP contribution >= 0.6 is 11.8 Å². The van der Waals surface area contributed by atoms with Gasteiger partial charge in [-0.05, 0) is 19.3 Å². The summed E-state index contributed by atoms with van der Waals surface area (Å²) in [6.07, 6.45) is 3.90. The first kappa shape index (κ1) is 8.89. The smallest absolute Gasteiger partial charge is 0.192 e. The van der Waals surface area contributed by atoms with E-state index in [1.165, 1.54) is 25.0 Å². The molecule has 2 aliphatic heterocycles. The zero-order valence-corrected chi connectivity index (χ0v) is 9.39. The van der Waals surface area contributed by atoms with Crippen LogP contribution in [0.5, 0.6) is 0 Å². The van der Waals surface area contributed by atoms with Crippen molar-refractivity contribution in [1.29, 1.82) is 0 Å². The molecule has 3 aliphatic rings. The molecule has 78 valence electrons.